The summed E-state index contributed by atoms with van der Waals surface area (Å²) in [6.07, 6.45) is 1.56. The maximum absolute atomic E-state index is 13.8. The Labute approximate surface area is 246 Å². The number of carboxylic acid groups (broad SMARTS) is 1. The van der Waals surface area contributed by atoms with Gasteiger partial charge in [0, 0.05) is 5.69 Å². The molecule has 0 saturated heterocycles. The van der Waals surface area contributed by atoms with Crippen LogP contribution in [0.1, 0.15) is 24.1 Å². The average Bonchev–Trinajstić information content (AvgIpc) is 3.22. The summed E-state index contributed by atoms with van der Waals surface area (Å²) in [7, 11) is 0. The summed E-state index contributed by atoms with van der Waals surface area (Å²) in [6.45, 7) is 1.06. The summed E-state index contributed by atoms with van der Waals surface area (Å²) in [6, 6.07) is 16.6. The van der Waals surface area contributed by atoms with Crippen LogP contribution in [0.2, 0.25) is 10.0 Å². The smallest absolute Gasteiger partial charge is 0.341 e. The van der Waals surface area contributed by atoms with Crippen LogP contribution in [0.4, 0.5) is 10.1 Å². The molecular formula is C29H20Cl2FN3O5S. The summed E-state index contributed by atoms with van der Waals surface area (Å²) >= 11 is 13.7. The Morgan fingerprint density at radius 3 is 2.41 bits per heavy atom. The zero-order valence-corrected chi connectivity index (χ0v) is 23.6. The number of ether oxygens (including phenoxy) is 1. The lowest BCUT2D eigenvalue weighted by molar-refractivity contribution is -0.139. The monoisotopic (exact) mass is 611 g/mol. The predicted molar refractivity (Wildman–Crippen MR) is 155 cm³/mol. The van der Waals surface area contributed by atoms with Crippen LogP contribution in [0.25, 0.3) is 6.08 Å². The molecule has 0 bridgehead atoms. The van der Waals surface area contributed by atoms with Crippen molar-refractivity contribution >= 4 is 58.2 Å². The highest BCUT2D eigenvalue weighted by Gasteiger charge is 2.32. The van der Waals surface area contributed by atoms with Crippen LogP contribution in [0.3, 0.4) is 0 Å². The number of nitrogens with zero attached hydrogens (tertiary/aromatic N) is 2. The quantitative estimate of drug-likeness (QED) is 0.312. The van der Waals surface area contributed by atoms with Gasteiger partial charge in [-0.3, -0.25) is 14.2 Å². The largest absolute Gasteiger partial charge is 0.479 e. The number of carboxylic acids is 1. The van der Waals surface area contributed by atoms with E-state index in [0.29, 0.717) is 27.3 Å². The van der Waals surface area contributed by atoms with Gasteiger partial charge >= 0.3 is 5.97 Å². The van der Waals surface area contributed by atoms with E-state index in [4.69, 9.17) is 33.0 Å². The van der Waals surface area contributed by atoms with Crippen molar-refractivity contribution in [2.45, 2.75) is 13.0 Å². The Bertz CT molecular complexity index is 1860. The predicted octanol–water partition coefficient (Wildman–Crippen LogP) is 4.78. The van der Waals surface area contributed by atoms with E-state index in [2.05, 4.69) is 10.3 Å². The van der Waals surface area contributed by atoms with E-state index in [1.165, 1.54) is 41.0 Å². The van der Waals surface area contributed by atoms with E-state index in [-0.39, 0.29) is 25.9 Å². The Kier molecular flexibility index (Phi) is 8.07. The number of benzene rings is 3. The van der Waals surface area contributed by atoms with Gasteiger partial charge in [-0.05, 0) is 60.5 Å². The van der Waals surface area contributed by atoms with Crippen LogP contribution in [-0.4, -0.2) is 28.2 Å². The fourth-order valence-corrected chi connectivity index (χ4v) is 6.04. The van der Waals surface area contributed by atoms with Crippen molar-refractivity contribution < 1.29 is 23.8 Å². The number of carbonyl (C=O) groups is 2. The Morgan fingerprint density at radius 2 is 1.78 bits per heavy atom. The first kappa shape index (κ1) is 28.3. The molecule has 1 aliphatic rings. The van der Waals surface area contributed by atoms with E-state index in [9.17, 15) is 18.8 Å². The second-order valence-electron chi connectivity index (χ2n) is 8.95. The number of hydrogen-bond acceptors (Lipinski definition) is 6. The van der Waals surface area contributed by atoms with Crippen molar-refractivity contribution in [1.82, 2.24) is 4.57 Å². The van der Waals surface area contributed by atoms with Crippen LogP contribution < -0.4 is 24.9 Å². The van der Waals surface area contributed by atoms with Crippen LogP contribution >= 0.6 is 34.5 Å². The van der Waals surface area contributed by atoms with Gasteiger partial charge in [0.1, 0.15) is 5.82 Å². The molecule has 1 atom stereocenters. The normalized spacial score (nSPS) is 14.8. The van der Waals surface area contributed by atoms with Crippen molar-refractivity contribution in [3.8, 4) is 5.75 Å². The van der Waals surface area contributed by atoms with E-state index in [1.807, 2.05) is 6.07 Å². The SMILES string of the molecule is CC1=C(C(=O)Nc2ccccc2)[C@@H](c2ccc(F)cc2)n2c(s/c(=C\c3cc(Cl)c(OCC(=O)O)c(Cl)c3)c2=O)=N1. The third kappa shape index (κ3) is 5.95. The molecule has 2 N–H and O–H groups in total. The number of para-hydroxylation sites is 1. The third-order valence-electron chi connectivity index (χ3n) is 6.14. The molecule has 8 nitrogen and oxygen atoms in total. The maximum atomic E-state index is 13.8. The molecule has 12 heteroatoms. The van der Waals surface area contributed by atoms with E-state index in [1.54, 1.807) is 37.3 Å². The molecule has 208 valence electrons. The number of allylic oxidation sites excluding steroid dienone is 1. The van der Waals surface area contributed by atoms with Gasteiger partial charge in [-0.15, -0.1) is 0 Å². The number of hydrogen-bond donors (Lipinski definition) is 2. The second kappa shape index (κ2) is 11.7. The lowest BCUT2D eigenvalue weighted by Crippen LogP contribution is -2.40. The van der Waals surface area contributed by atoms with Crippen molar-refractivity contribution in [2.75, 3.05) is 11.9 Å². The second-order valence-corrected chi connectivity index (χ2v) is 10.8. The number of carbonyl (C=O) groups excluding carboxylic acids is 1. The highest BCUT2D eigenvalue weighted by molar-refractivity contribution is 7.07. The van der Waals surface area contributed by atoms with Gasteiger partial charge in [-0.1, -0.05) is 64.9 Å². The Morgan fingerprint density at radius 1 is 1.12 bits per heavy atom. The van der Waals surface area contributed by atoms with Crippen molar-refractivity contribution in [3.63, 3.8) is 0 Å². The van der Waals surface area contributed by atoms with Crippen LogP contribution in [0.15, 0.2) is 87.8 Å². The average molecular weight is 612 g/mol. The molecule has 0 unspecified atom stereocenters. The topological polar surface area (TPSA) is 110 Å². The lowest BCUT2D eigenvalue weighted by Gasteiger charge is -2.25. The summed E-state index contributed by atoms with van der Waals surface area (Å²) < 4.78 is 20.7. The molecule has 0 spiro atoms. The minimum absolute atomic E-state index is 0.00958. The molecule has 2 heterocycles. The molecule has 0 fully saturated rings. The number of aliphatic carboxylic acids is 1. The molecule has 1 amide bonds. The van der Waals surface area contributed by atoms with E-state index < -0.39 is 35.9 Å². The van der Waals surface area contributed by atoms with E-state index in [0.717, 1.165) is 11.3 Å². The molecule has 3 aromatic carbocycles. The van der Waals surface area contributed by atoms with Gasteiger partial charge in [-0.25, -0.2) is 14.2 Å². The highest BCUT2D eigenvalue weighted by Crippen LogP contribution is 2.35. The minimum atomic E-state index is -1.19. The number of anilines is 1. The van der Waals surface area contributed by atoms with Crippen LogP contribution in [0.5, 0.6) is 5.75 Å². The zero-order valence-electron chi connectivity index (χ0n) is 21.2. The summed E-state index contributed by atoms with van der Waals surface area (Å²) in [4.78, 5) is 43.1. The molecule has 0 aliphatic carbocycles. The third-order valence-corrected chi connectivity index (χ3v) is 7.69. The lowest BCUT2D eigenvalue weighted by atomic mass is 9.95. The number of thiazole rings is 1. The molecular weight excluding hydrogens is 592 g/mol. The van der Waals surface area contributed by atoms with Crippen molar-refractivity contribution in [3.05, 3.63) is 125 Å². The van der Waals surface area contributed by atoms with Gasteiger partial charge < -0.3 is 15.2 Å². The molecule has 1 aliphatic heterocycles. The van der Waals surface area contributed by atoms with Gasteiger partial charge in [0.2, 0.25) is 0 Å². The fourth-order valence-electron chi connectivity index (χ4n) is 4.38. The van der Waals surface area contributed by atoms with Gasteiger partial charge in [0.25, 0.3) is 11.5 Å². The Balaban J connectivity index is 1.62. The van der Waals surface area contributed by atoms with Crippen molar-refractivity contribution in [2.24, 2.45) is 4.99 Å². The van der Waals surface area contributed by atoms with Crippen molar-refractivity contribution in [1.29, 1.82) is 0 Å². The van der Waals surface area contributed by atoms with Gasteiger partial charge in [-0.2, -0.15) is 0 Å². The molecule has 41 heavy (non-hydrogen) atoms. The molecule has 0 saturated carbocycles. The number of halogens is 3. The summed E-state index contributed by atoms with van der Waals surface area (Å²) in [5.41, 5.74) is 1.77. The summed E-state index contributed by atoms with van der Waals surface area (Å²) in [5.74, 6) is -2.08. The number of nitrogens with one attached hydrogen (secondary N) is 1. The highest BCUT2D eigenvalue weighted by atomic mass is 35.5. The van der Waals surface area contributed by atoms with E-state index >= 15 is 0 Å². The first-order valence-electron chi connectivity index (χ1n) is 12.1. The van der Waals surface area contributed by atoms with Crippen LogP contribution in [-0.2, 0) is 9.59 Å². The summed E-state index contributed by atoms with van der Waals surface area (Å²) in [5, 5.41) is 11.9. The number of fused-ring (bicyclic) bond motifs is 1. The molecule has 0 radical (unpaired) electrons. The Hall–Kier alpha value is -4.25. The minimum Gasteiger partial charge on any atom is -0.479 e. The fraction of sp³-hybridized carbons (Fsp3) is 0.103. The number of aromatic nitrogens is 1. The van der Waals surface area contributed by atoms with Gasteiger partial charge in [0.05, 0.1) is 31.9 Å². The molecule has 5 rings (SSSR count). The molecule has 1 aromatic heterocycles. The zero-order chi connectivity index (χ0) is 29.3. The van der Waals surface area contributed by atoms with Crippen LogP contribution in [0, 0.1) is 5.82 Å². The van der Waals surface area contributed by atoms with Gasteiger partial charge in [0.15, 0.2) is 17.2 Å². The first-order valence-corrected chi connectivity index (χ1v) is 13.7. The standard InChI is InChI=1S/C29H20Cl2FN3O5S/c1-15-24(27(38)34-19-5-3-2-4-6-19)25(17-7-9-18(32)10-8-17)35-28(39)22(41-29(35)33-15)13-16-11-20(30)26(21(31)12-16)40-14-23(36)37/h2-13,25H,14H2,1H3,(H,34,38)(H,36,37)/b22-13-/t25-/m1/s1. The number of rotatable bonds is 7. The number of amides is 1. The molecule has 4 aromatic rings. The first-order chi connectivity index (χ1) is 19.6. The maximum Gasteiger partial charge on any atom is 0.341 e.